The van der Waals surface area contributed by atoms with Crippen molar-refractivity contribution in [2.75, 3.05) is 18.4 Å². The Hall–Kier alpha value is -2.78. The van der Waals surface area contributed by atoms with Gasteiger partial charge in [0.2, 0.25) is 10.0 Å². The Morgan fingerprint density at radius 2 is 1.83 bits per heavy atom. The molecular weight excluding hydrogens is 402 g/mol. The van der Waals surface area contributed by atoms with Gasteiger partial charge in [-0.2, -0.15) is 9.40 Å². The molecule has 2 aromatic heterocycles. The van der Waals surface area contributed by atoms with Gasteiger partial charge in [0.25, 0.3) is 5.91 Å². The first-order chi connectivity index (χ1) is 14.3. The molecular formula is C21H25N5O3S. The molecule has 1 aliphatic rings. The predicted molar refractivity (Wildman–Crippen MR) is 115 cm³/mol. The van der Waals surface area contributed by atoms with Gasteiger partial charge in [-0.05, 0) is 50.5 Å². The lowest BCUT2D eigenvalue weighted by Gasteiger charge is -2.26. The van der Waals surface area contributed by atoms with E-state index in [0.29, 0.717) is 29.9 Å². The maximum atomic E-state index is 13.1. The molecule has 4 rings (SSSR count). The standard InChI is InChI=1S/C21H25N5O3S/c1-14-7-8-16(11-19(14)30(28,29)26-9-5-4-6-10-26)21(27)23-17-12-18-15(2)24-25(3)20(18)22-13-17/h7-8,11-13H,4-6,9-10H2,1-3H3,(H,23,27). The zero-order valence-electron chi connectivity index (χ0n) is 17.3. The number of benzene rings is 1. The number of hydrogen-bond acceptors (Lipinski definition) is 5. The molecule has 3 aromatic rings. The molecule has 0 saturated carbocycles. The highest BCUT2D eigenvalue weighted by Gasteiger charge is 2.28. The molecule has 0 spiro atoms. The van der Waals surface area contributed by atoms with E-state index in [1.807, 2.05) is 20.0 Å². The maximum Gasteiger partial charge on any atom is 0.255 e. The first kappa shape index (κ1) is 20.5. The first-order valence-electron chi connectivity index (χ1n) is 9.99. The van der Waals surface area contributed by atoms with Crippen LogP contribution in [0.25, 0.3) is 11.0 Å². The quantitative estimate of drug-likeness (QED) is 0.690. The number of fused-ring (bicyclic) bond motifs is 1. The van der Waals surface area contributed by atoms with Crippen molar-refractivity contribution >= 4 is 32.7 Å². The van der Waals surface area contributed by atoms with Crippen molar-refractivity contribution in [1.29, 1.82) is 0 Å². The fourth-order valence-corrected chi connectivity index (χ4v) is 5.61. The summed E-state index contributed by atoms with van der Waals surface area (Å²) < 4.78 is 29.4. The smallest absolute Gasteiger partial charge is 0.255 e. The number of aryl methyl sites for hydroxylation is 3. The van der Waals surface area contributed by atoms with Crippen molar-refractivity contribution in [3.05, 3.63) is 47.3 Å². The van der Waals surface area contributed by atoms with Crippen LogP contribution >= 0.6 is 0 Å². The summed E-state index contributed by atoms with van der Waals surface area (Å²) in [5.74, 6) is -0.382. The van der Waals surface area contributed by atoms with Crippen molar-refractivity contribution in [3.8, 4) is 0 Å². The van der Waals surface area contributed by atoms with E-state index in [1.54, 1.807) is 29.9 Å². The summed E-state index contributed by atoms with van der Waals surface area (Å²) in [4.78, 5) is 17.4. The lowest BCUT2D eigenvalue weighted by Crippen LogP contribution is -2.36. The summed E-state index contributed by atoms with van der Waals surface area (Å²) >= 11 is 0. The average molecular weight is 428 g/mol. The van der Waals surface area contributed by atoms with E-state index in [0.717, 1.165) is 36.0 Å². The highest BCUT2D eigenvalue weighted by Crippen LogP contribution is 2.25. The number of rotatable bonds is 4. The van der Waals surface area contributed by atoms with E-state index in [2.05, 4.69) is 15.4 Å². The molecule has 1 aliphatic heterocycles. The predicted octanol–water partition coefficient (Wildman–Crippen LogP) is 3.01. The minimum absolute atomic E-state index is 0.189. The number of aromatic nitrogens is 3. The van der Waals surface area contributed by atoms with Crippen molar-refractivity contribution in [2.24, 2.45) is 7.05 Å². The SMILES string of the molecule is Cc1ccc(C(=O)Nc2cnc3c(c2)c(C)nn3C)cc1S(=O)(=O)N1CCCCC1. The van der Waals surface area contributed by atoms with Crippen molar-refractivity contribution in [2.45, 2.75) is 38.0 Å². The van der Waals surface area contributed by atoms with Gasteiger partial charge in [0, 0.05) is 31.1 Å². The Balaban J connectivity index is 1.62. The fourth-order valence-electron chi connectivity index (χ4n) is 3.84. The number of pyridine rings is 1. The first-order valence-corrected chi connectivity index (χ1v) is 11.4. The zero-order valence-corrected chi connectivity index (χ0v) is 18.2. The number of nitrogens with one attached hydrogen (secondary N) is 1. The van der Waals surface area contributed by atoms with Crippen LogP contribution < -0.4 is 5.32 Å². The van der Waals surface area contributed by atoms with Crippen LogP contribution in [0.3, 0.4) is 0 Å². The third kappa shape index (κ3) is 3.70. The Kier molecular flexibility index (Phi) is 5.33. The molecule has 0 atom stereocenters. The third-order valence-corrected chi connectivity index (χ3v) is 7.54. The van der Waals surface area contributed by atoms with Crippen LogP contribution in [0.1, 0.15) is 40.9 Å². The zero-order chi connectivity index (χ0) is 21.5. The van der Waals surface area contributed by atoms with E-state index in [9.17, 15) is 13.2 Å². The van der Waals surface area contributed by atoms with Crippen LogP contribution in [0.5, 0.6) is 0 Å². The largest absolute Gasteiger partial charge is 0.321 e. The van der Waals surface area contributed by atoms with Crippen molar-refractivity contribution in [3.63, 3.8) is 0 Å². The lowest BCUT2D eigenvalue weighted by atomic mass is 10.1. The molecule has 8 nitrogen and oxygen atoms in total. The number of carbonyl (C=O) groups excluding carboxylic acids is 1. The number of piperidine rings is 1. The van der Waals surface area contributed by atoms with Crippen LogP contribution in [-0.4, -0.2) is 46.5 Å². The average Bonchev–Trinajstić information content (AvgIpc) is 3.02. The normalized spacial score (nSPS) is 15.4. The second-order valence-electron chi connectivity index (χ2n) is 7.70. The lowest BCUT2D eigenvalue weighted by molar-refractivity contribution is 0.102. The number of anilines is 1. The van der Waals surface area contributed by atoms with Gasteiger partial charge >= 0.3 is 0 Å². The van der Waals surface area contributed by atoms with Crippen molar-refractivity contribution in [1.82, 2.24) is 19.1 Å². The second kappa shape index (κ2) is 7.81. The van der Waals surface area contributed by atoms with E-state index in [4.69, 9.17) is 0 Å². The number of hydrogen-bond donors (Lipinski definition) is 1. The number of amides is 1. The molecule has 0 radical (unpaired) electrons. The number of sulfonamides is 1. The molecule has 30 heavy (non-hydrogen) atoms. The highest BCUT2D eigenvalue weighted by molar-refractivity contribution is 7.89. The highest BCUT2D eigenvalue weighted by atomic mass is 32.2. The molecule has 158 valence electrons. The van der Waals surface area contributed by atoms with Crippen LogP contribution in [-0.2, 0) is 17.1 Å². The molecule has 0 bridgehead atoms. The molecule has 1 N–H and O–H groups in total. The maximum absolute atomic E-state index is 13.1. The number of carbonyl (C=O) groups is 1. The Morgan fingerprint density at radius 3 is 2.57 bits per heavy atom. The Labute approximate surface area is 176 Å². The van der Waals surface area contributed by atoms with Gasteiger partial charge in [0.15, 0.2) is 5.65 Å². The topological polar surface area (TPSA) is 97.2 Å². The van der Waals surface area contributed by atoms with Crippen molar-refractivity contribution < 1.29 is 13.2 Å². The second-order valence-corrected chi connectivity index (χ2v) is 9.61. The van der Waals surface area contributed by atoms with Crippen LogP contribution in [0.4, 0.5) is 5.69 Å². The van der Waals surface area contributed by atoms with E-state index < -0.39 is 10.0 Å². The van der Waals surface area contributed by atoms with Gasteiger partial charge in [-0.3, -0.25) is 9.48 Å². The molecule has 0 aliphatic carbocycles. The van der Waals surface area contributed by atoms with Crippen LogP contribution in [0.15, 0.2) is 35.4 Å². The van der Waals surface area contributed by atoms with E-state index in [-0.39, 0.29) is 10.8 Å². The minimum atomic E-state index is -3.62. The summed E-state index contributed by atoms with van der Waals surface area (Å²) in [7, 11) is -1.81. The minimum Gasteiger partial charge on any atom is -0.321 e. The van der Waals surface area contributed by atoms with E-state index >= 15 is 0 Å². The van der Waals surface area contributed by atoms with E-state index in [1.165, 1.54) is 10.4 Å². The summed E-state index contributed by atoms with van der Waals surface area (Å²) in [5.41, 5.74) is 3.01. The summed E-state index contributed by atoms with van der Waals surface area (Å²) in [6.07, 6.45) is 4.34. The van der Waals surface area contributed by atoms with Gasteiger partial charge in [-0.25, -0.2) is 13.4 Å². The molecule has 0 unspecified atom stereocenters. The Morgan fingerprint density at radius 1 is 1.10 bits per heavy atom. The van der Waals surface area contributed by atoms with Gasteiger partial charge in [-0.15, -0.1) is 0 Å². The fraction of sp³-hybridized carbons (Fsp3) is 0.381. The Bertz CT molecular complexity index is 1230. The third-order valence-electron chi connectivity index (χ3n) is 5.50. The van der Waals surface area contributed by atoms with Crippen LogP contribution in [0, 0.1) is 13.8 Å². The number of nitrogens with zero attached hydrogens (tertiary/aromatic N) is 4. The monoisotopic (exact) mass is 427 g/mol. The van der Waals surface area contributed by atoms with Gasteiger partial charge < -0.3 is 5.32 Å². The summed E-state index contributed by atoms with van der Waals surface area (Å²) in [6.45, 7) is 4.68. The van der Waals surface area contributed by atoms with Gasteiger partial charge in [0.1, 0.15) is 0 Å². The molecule has 1 aromatic carbocycles. The van der Waals surface area contributed by atoms with Gasteiger partial charge in [0.05, 0.1) is 22.5 Å². The summed E-state index contributed by atoms with van der Waals surface area (Å²) in [6, 6.07) is 6.61. The molecule has 1 saturated heterocycles. The van der Waals surface area contributed by atoms with Gasteiger partial charge in [-0.1, -0.05) is 12.5 Å². The summed E-state index contributed by atoms with van der Waals surface area (Å²) in [5, 5.41) is 8.00. The van der Waals surface area contributed by atoms with Crippen LogP contribution in [0.2, 0.25) is 0 Å². The molecule has 1 fully saturated rings. The molecule has 9 heteroatoms. The molecule has 1 amide bonds. The molecule has 3 heterocycles.